The summed E-state index contributed by atoms with van der Waals surface area (Å²) in [6.07, 6.45) is 11.3. The Morgan fingerprint density at radius 3 is 1.85 bits per heavy atom. The van der Waals surface area contributed by atoms with Crippen molar-refractivity contribution in [2.45, 2.75) is 104 Å². The lowest BCUT2D eigenvalue weighted by Crippen LogP contribution is -2.42. The van der Waals surface area contributed by atoms with Gasteiger partial charge in [0.1, 0.15) is 6.04 Å². The molecule has 0 aromatic heterocycles. The van der Waals surface area contributed by atoms with E-state index in [1.165, 1.54) is 38.5 Å². The Morgan fingerprint density at radius 1 is 0.741 bits per heavy atom. The largest absolute Gasteiger partial charge is 0.466 e. The number of ether oxygens (including phenoxy) is 2. The number of amides is 1. The molecule has 0 saturated carbocycles. The number of nitrogens with one attached hydrogen (secondary N) is 1. The van der Waals surface area contributed by atoms with Gasteiger partial charge in [-0.3, -0.25) is 9.59 Å². The smallest absolute Gasteiger partial charge is 0.328 e. The van der Waals surface area contributed by atoms with Crippen LogP contribution < -0.4 is 5.32 Å². The monoisotopic (exact) mass is 385 g/mol. The molecule has 0 rings (SSSR count). The Morgan fingerprint density at radius 2 is 1.30 bits per heavy atom. The Labute approximate surface area is 164 Å². The number of esters is 2. The predicted molar refractivity (Wildman–Crippen MR) is 106 cm³/mol. The van der Waals surface area contributed by atoms with Gasteiger partial charge < -0.3 is 14.8 Å². The number of rotatable bonds is 17. The van der Waals surface area contributed by atoms with E-state index in [1.807, 2.05) is 0 Å². The van der Waals surface area contributed by atoms with Crippen molar-refractivity contribution in [2.24, 2.45) is 0 Å². The van der Waals surface area contributed by atoms with Crippen LogP contribution in [0.25, 0.3) is 0 Å². The maximum atomic E-state index is 12.1. The fraction of sp³-hybridized carbons (Fsp3) is 0.857. The molecule has 0 aliphatic heterocycles. The Bertz CT molecular complexity index is 411. The van der Waals surface area contributed by atoms with Gasteiger partial charge in [0.15, 0.2) is 0 Å². The SMILES string of the molecule is CCCCCCCCCCCC(=O)NC(CCC(=O)OCC)C(=O)OCC. The minimum atomic E-state index is -0.791. The standard InChI is InChI=1S/C21H39NO5/c1-4-7-8-9-10-11-12-13-14-15-19(23)22-18(21(25)27-6-3)16-17-20(24)26-5-2/h18H,4-17H2,1-3H3,(H,22,23). The van der Waals surface area contributed by atoms with E-state index in [0.717, 1.165) is 19.3 Å². The third kappa shape index (κ3) is 15.2. The van der Waals surface area contributed by atoms with E-state index in [9.17, 15) is 14.4 Å². The molecule has 1 unspecified atom stereocenters. The van der Waals surface area contributed by atoms with Crippen molar-refractivity contribution in [1.29, 1.82) is 0 Å². The summed E-state index contributed by atoms with van der Waals surface area (Å²) in [5.41, 5.74) is 0. The van der Waals surface area contributed by atoms with Crippen molar-refractivity contribution < 1.29 is 23.9 Å². The molecule has 0 aromatic rings. The molecular weight excluding hydrogens is 346 g/mol. The first-order valence-corrected chi connectivity index (χ1v) is 10.7. The molecule has 6 nitrogen and oxygen atoms in total. The van der Waals surface area contributed by atoms with Gasteiger partial charge in [-0.25, -0.2) is 4.79 Å². The summed E-state index contributed by atoms with van der Waals surface area (Å²) in [5.74, 6) is -1.04. The fourth-order valence-corrected chi connectivity index (χ4v) is 2.85. The lowest BCUT2D eigenvalue weighted by atomic mass is 10.1. The van der Waals surface area contributed by atoms with Crippen molar-refractivity contribution in [1.82, 2.24) is 5.32 Å². The van der Waals surface area contributed by atoms with Crippen LogP contribution in [0.15, 0.2) is 0 Å². The summed E-state index contributed by atoms with van der Waals surface area (Å²) in [5, 5.41) is 2.70. The molecule has 0 fully saturated rings. The summed E-state index contributed by atoms with van der Waals surface area (Å²) in [7, 11) is 0. The quantitative estimate of drug-likeness (QED) is 0.298. The number of carbonyl (C=O) groups excluding carboxylic acids is 3. The van der Waals surface area contributed by atoms with Crippen LogP contribution in [0.1, 0.15) is 97.8 Å². The second-order valence-corrected chi connectivity index (χ2v) is 6.79. The van der Waals surface area contributed by atoms with E-state index in [2.05, 4.69) is 12.2 Å². The van der Waals surface area contributed by atoms with Crippen LogP contribution in [0.4, 0.5) is 0 Å². The molecular formula is C21H39NO5. The van der Waals surface area contributed by atoms with Crippen molar-refractivity contribution in [3.05, 3.63) is 0 Å². The van der Waals surface area contributed by atoms with Crippen LogP contribution in [0.5, 0.6) is 0 Å². The second kappa shape index (κ2) is 17.8. The van der Waals surface area contributed by atoms with Gasteiger partial charge in [-0.2, -0.15) is 0 Å². The van der Waals surface area contributed by atoms with Crippen molar-refractivity contribution in [2.75, 3.05) is 13.2 Å². The summed E-state index contributed by atoms with van der Waals surface area (Å²) in [6.45, 7) is 6.20. The zero-order valence-electron chi connectivity index (χ0n) is 17.5. The average molecular weight is 386 g/mol. The van der Waals surface area contributed by atoms with Crippen LogP contribution in [0, 0.1) is 0 Å². The van der Waals surface area contributed by atoms with Gasteiger partial charge in [0, 0.05) is 12.8 Å². The normalized spacial score (nSPS) is 11.7. The van der Waals surface area contributed by atoms with E-state index in [4.69, 9.17) is 9.47 Å². The highest BCUT2D eigenvalue weighted by Gasteiger charge is 2.23. The lowest BCUT2D eigenvalue weighted by Gasteiger charge is -2.17. The van der Waals surface area contributed by atoms with Crippen molar-refractivity contribution in [3.8, 4) is 0 Å². The first-order chi connectivity index (χ1) is 13.0. The fourth-order valence-electron chi connectivity index (χ4n) is 2.85. The lowest BCUT2D eigenvalue weighted by molar-refractivity contribution is -0.148. The zero-order chi connectivity index (χ0) is 20.3. The van der Waals surface area contributed by atoms with Gasteiger partial charge in [0.05, 0.1) is 13.2 Å². The van der Waals surface area contributed by atoms with E-state index in [-0.39, 0.29) is 31.3 Å². The molecule has 0 aliphatic rings. The highest BCUT2D eigenvalue weighted by molar-refractivity contribution is 5.84. The van der Waals surface area contributed by atoms with Gasteiger partial charge in [0.2, 0.25) is 5.91 Å². The van der Waals surface area contributed by atoms with Gasteiger partial charge in [-0.15, -0.1) is 0 Å². The van der Waals surface area contributed by atoms with Crippen LogP contribution in [0.3, 0.4) is 0 Å². The number of hydrogen-bond acceptors (Lipinski definition) is 5. The summed E-state index contributed by atoms with van der Waals surface area (Å²) >= 11 is 0. The van der Waals surface area contributed by atoms with E-state index >= 15 is 0 Å². The molecule has 158 valence electrons. The number of hydrogen-bond donors (Lipinski definition) is 1. The van der Waals surface area contributed by atoms with Crippen LogP contribution in [-0.4, -0.2) is 37.1 Å². The average Bonchev–Trinajstić information content (AvgIpc) is 2.64. The number of unbranched alkanes of at least 4 members (excludes halogenated alkanes) is 8. The Hall–Kier alpha value is -1.59. The van der Waals surface area contributed by atoms with Crippen LogP contribution in [-0.2, 0) is 23.9 Å². The van der Waals surface area contributed by atoms with Gasteiger partial charge in [-0.05, 0) is 26.7 Å². The van der Waals surface area contributed by atoms with Gasteiger partial charge in [0.25, 0.3) is 0 Å². The first-order valence-electron chi connectivity index (χ1n) is 10.7. The molecule has 1 amide bonds. The summed E-state index contributed by atoms with van der Waals surface area (Å²) < 4.78 is 9.86. The topological polar surface area (TPSA) is 81.7 Å². The van der Waals surface area contributed by atoms with Crippen LogP contribution in [0.2, 0.25) is 0 Å². The maximum absolute atomic E-state index is 12.1. The summed E-state index contributed by atoms with van der Waals surface area (Å²) in [4.78, 5) is 35.6. The molecule has 27 heavy (non-hydrogen) atoms. The second-order valence-electron chi connectivity index (χ2n) is 6.79. The maximum Gasteiger partial charge on any atom is 0.328 e. The van der Waals surface area contributed by atoms with Gasteiger partial charge in [-0.1, -0.05) is 58.3 Å². The van der Waals surface area contributed by atoms with Gasteiger partial charge >= 0.3 is 11.9 Å². The van der Waals surface area contributed by atoms with Crippen molar-refractivity contribution in [3.63, 3.8) is 0 Å². The molecule has 0 bridgehead atoms. The van der Waals surface area contributed by atoms with E-state index < -0.39 is 12.0 Å². The number of carbonyl (C=O) groups is 3. The summed E-state index contributed by atoms with van der Waals surface area (Å²) in [6, 6.07) is -0.791. The zero-order valence-corrected chi connectivity index (χ0v) is 17.5. The molecule has 1 N–H and O–H groups in total. The predicted octanol–water partition coefficient (Wildman–Crippen LogP) is 4.30. The molecule has 0 aliphatic carbocycles. The minimum absolute atomic E-state index is 0.0790. The highest BCUT2D eigenvalue weighted by atomic mass is 16.5. The Balaban J connectivity index is 4.02. The van der Waals surface area contributed by atoms with E-state index in [0.29, 0.717) is 13.0 Å². The third-order valence-electron chi connectivity index (χ3n) is 4.36. The molecule has 0 spiro atoms. The molecule has 0 aromatic carbocycles. The molecule has 0 radical (unpaired) electrons. The first kappa shape index (κ1) is 25.4. The molecule has 0 heterocycles. The highest BCUT2D eigenvalue weighted by Crippen LogP contribution is 2.11. The van der Waals surface area contributed by atoms with Crippen LogP contribution >= 0.6 is 0 Å². The molecule has 6 heteroatoms. The molecule has 0 saturated heterocycles. The minimum Gasteiger partial charge on any atom is -0.466 e. The molecule has 1 atom stereocenters. The third-order valence-corrected chi connectivity index (χ3v) is 4.36. The van der Waals surface area contributed by atoms with E-state index in [1.54, 1.807) is 13.8 Å². The van der Waals surface area contributed by atoms with Crippen molar-refractivity contribution >= 4 is 17.8 Å². The Kier molecular flexibility index (Phi) is 16.8.